The Bertz CT molecular complexity index is 922. The average Bonchev–Trinajstić information content (AvgIpc) is 2.96. The van der Waals surface area contributed by atoms with Crippen molar-refractivity contribution in [2.24, 2.45) is 0 Å². The van der Waals surface area contributed by atoms with E-state index in [1.807, 2.05) is 55.4 Å². The first-order chi connectivity index (χ1) is 20.6. The summed E-state index contributed by atoms with van der Waals surface area (Å²) in [4.78, 5) is 12.5. The summed E-state index contributed by atoms with van der Waals surface area (Å²) in [5.41, 5.74) is -0.865. The van der Waals surface area contributed by atoms with Gasteiger partial charge in [0.15, 0.2) is 11.6 Å². The standard InChI is InChI=1S/C27H41F4NO5S.C3H8O.C2H6/c1-8-10-13-36-27(6,7)12-15-38-17-21(32-25(33)34-14-11-26(4,5)35-9-2)18(3)37-24-22(30)19(28)16-20(29)23(24)31;1-3-4-2;1-2/h16,21H,3,8-15,17H2,1-2,4-7H3,(H,32,33);3H2,1-2H3;1-2H3. The first kappa shape index (κ1) is 44.1. The van der Waals surface area contributed by atoms with Crippen molar-refractivity contribution in [1.29, 1.82) is 0 Å². The Morgan fingerprint density at radius 2 is 1.48 bits per heavy atom. The summed E-state index contributed by atoms with van der Waals surface area (Å²) in [6, 6.07) is -0.904. The molecule has 12 heteroatoms. The van der Waals surface area contributed by atoms with E-state index in [4.69, 9.17) is 18.9 Å². The fraction of sp³-hybridized carbons (Fsp3) is 0.719. The third-order valence-corrected chi connectivity index (χ3v) is 6.93. The van der Waals surface area contributed by atoms with Gasteiger partial charge in [-0.15, -0.1) is 0 Å². The zero-order valence-electron chi connectivity index (χ0n) is 28.3. The van der Waals surface area contributed by atoms with Crippen LogP contribution in [0, 0.1) is 23.3 Å². The van der Waals surface area contributed by atoms with Crippen LogP contribution < -0.4 is 10.1 Å². The smallest absolute Gasteiger partial charge is 0.407 e. The van der Waals surface area contributed by atoms with Gasteiger partial charge in [-0.05, 0) is 60.1 Å². The Hall–Kier alpha value is -2.02. The molecule has 1 unspecified atom stereocenters. The second kappa shape index (κ2) is 24.2. The quantitative estimate of drug-likeness (QED) is 0.0690. The lowest BCUT2D eigenvalue weighted by molar-refractivity contribution is -0.0275. The molecular weight excluding hydrogens is 602 g/mol. The molecule has 0 aliphatic heterocycles. The van der Waals surface area contributed by atoms with Crippen LogP contribution in [-0.2, 0) is 18.9 Å². The number of hydrogen-bond donors (Lipinski definition) is 1. The third kappa shape index (κ3) is 19.4. The summed E-state index contributed by atoms with van der Waals surface area (Å²) in [6.45, 7) is 23.2. The van der Waals surface area contributed by atoms with Crippen molar-refractivity contribution in [2.75, 3.05) is 45.0 Å². The molecule has 0 saturated heterocycles. The molecule has 0 bridgehead atoms. The second-order valence-electron chi connectivity index (χ2n) is 10.5. The summed E-state index contributed by atoms with van der Waals surface area (Å²) in [5.74, 6) is -7.43. The van der Waals surface area contributed by atoms with Gasteiger partial charge in [-0.1, -0.05) is 33.8 Å². The number of unbranched alkanes of at least 4 members (excludes halogenated alkanes) is 1. The molecular formula is C32H55F4NO6S. The molecule has 1 amide bonds. The second-order valence-corrected chi connectivity index (χ2v) is 11.7. The van der Waals surface area contributed by atoms with E-state index in [1.54, 1.807) is 7.11 Å². The molecule has 1 N–H and O–H groups in total. The van der Waals surface area contributed by atoms with Crippen LogP contribution in [0.5, 0.6) is 5.75 Å². The van der Waals surface area contributed by atoms with Gasteiger partial charge in [-0.25, -0.2) is 13.6 Å². The summed E-state index contributed by atoms with van der Waals surface area (Å²) in [5, 5.41) is 2.55. The lowest BCUT2D eigenvalue weighted by Crippen LogP contribution is -2.40. The van der Waals surface area contributed by atoms with Crippen LogP contribution in [0.25, 0.3) is 0 Å². The van der Waals surface area contributed by atoms with Crippen molar-refractivity contribution in [2.45, 2.75) is 105 Å². The van der Waals surface area contributed by atoms with Crippen molar-refractivity contribution in [3.8, 4) is 5.75 Å². The fourth-order valence-electron chi connectivity index (χ4n) is 3.18. The Balaban J connectivity index is 0. The zero-order chi connectivity index (χ0) is 34.3. The molecule has 0 spiro atoms. The Morgan fingerprint density at radius 1 is 0.932 bits per heavy atom. The molecule has 1 aromatic carbocycles. The lowest BCUT2D eigenvalue weighted by atomic mass is 10.1. The van der Waals surface area contributed by atoms with Crippen LogP contribution in [0.2, 0.25) is 0 Å². The number of carbonyl (C=O) groups excluding carboxylic acids is 1. The number of methoxy groups -OCH3 is 1. The molecule has 1 aromatic rings. The number of rotatable bonds is 19. The van der Waals surface area contributed by atoms with Crippen LogP contribution >= 0.6 is 11.8 Å². The van der Waals surface area contributed by atoms with E-state index in [0.717, 1.165) is 19.4 Å². The van der Waals surface area contributed by atoms with E-state index < -0.39 is 46.8 Å². The highest BCUT2D eigenvalue weighted by Crippen LogP contribution is 2.29. The minimum Gasteiger partial charge on any atom is -0.454 e. The van der Waals surface area contributed by atoms with E-state index in [0.29, 0.717) is 31.8 Å². The first-order valence-electron chi connectivity index (χ1n) is 15.1. The Morgan fingerprint density at radius 3 is 1.98 bits per heavy atom. The number of alkyl carbamates (subject to hydrolysis) is 1. The summed E-state index contributed by atoms with van der Waals surface area (Å²) in [6.07, 6.45) is 2.28. The Kier molecular flexibility index (Phi) is 24.3. The monoisotopic (exact) mass is 657 g/mol. The number of carbonyl (C=O) groups is 1. The van der Waals surface area contributed by atoms with Gasteiger partial charge in [0.1, 0.15) is 5.76 Å². The van der Waals surface area contributed by atoms with Crippen molar-refractivity contribution in [1.82, 2.24) is 5.32 Å². The summed E-state index contributed by atoms with van der Waals surface area (Å²) >= 11 is 1.41. The maximum atomic E-state index is 14.1. The van der Waals surface area contributed by atoms with E-state index in [-0.39, 0.29) is 29.8 Å². The molecule has 7 nitrogen and oxygen atoms in total. The highest BCUT2D eigenvalue weighted by Gasteiger charge is 2.26. The highest BCUT2D eigenvalue weighted by molar-refractivity contribution is 7.99. The molecule has 44 heavy (non-hydrogen) atoms. The predicted molar refractivity (Wildman–Crippen MR) is 170 cm³/mol. The first-order valence-corrected chi connectivity index (χ1v) is 16.3. The van der Waals surface area contributed by atoms with Gasteiger partial charge in [0.2, 0.25) is 17.4 Å². The van der Waals surface area contributed by atoms with Crippen molar-refractivity contribution in [3.63, 3.8) is 0 Å². The topological polar surface area (TPSA) is 75.3 Å². The zero-order valence-corrected chi connectivity index (χ0v) is 29.1. The average molecular weight is 658 g/mol. The predicted octanol–water partition coefficient (Wildman–Crippen LogP) is 8.83. The molecule has 0 aliphatic rings. The minimum absolute atomic E-state index is 0.0493. The van der Waals surface area contributed by atoms with E-state index >= 15 is 0 Å². The number of halogens is 4. The van der Waals surface area contributed by atoms with Gasteiger partial charge >= 0.3 is 6.09 Å². The van der Waals surface area contributed by atoms with Crippen LogP contribution in [-0.4, -0.2) is 68.4 Å². The fourth-order valence-corrected chi connectivity index (χ4v) is 4.49. The number of nitrogens with one attached hydrogen (secondary N) is 1. The summed E-state index contributed by atoms with van der Waals surface area (Å²) in [7, 11) is 1.68. The highest BCUT2D eigenvalue weighted by atomic mass is 32.2. The van der Waals surface area contributed by atoms with E-state index in [2.05, 4.69) is 23.6 Å². The number of thioether (sulfide) groups is 1. The van der Waals surface area contributed by atoms with Gasteiger partial charge < -0.3 is 29.0 Å². The molecule has 0 heterocycles. The minimum atomic E-state index is -1.71. The lowest BCUT2D eigenvalue weighted by Gasteiger charge is -2.26. The molecule has 0 aromatic heterocycles. The molecule has 0 aliphatic carbocycles. The van der Waals surface area contributed by atoms with Crippen molar-refractivity contribution in [3.05, 3.63) is 41.7 Å². The normalized spacial score (nSPS) is 11.9. The number of hydrogen-bond acceptors (Lipinski definition) is 7. The molecule has 0 radical (unpaired) electrons. The van der Waals surface area contributed by atoms with Gasteiger partial charge in [0.25, 0.3) is 0 Å². The number of benzene rings is 1. The molecule has 0 saturated carbocycles. The van der Waals surface area contributed by atoms with Crippen LogP contribution in [0.15, 0.2) is 18.4 Å². The van der Waals surface area contributed by atoms with Gasteiger partial charge in [0, 0.05) is 45.2 Å². The van der Waals surface area contributed by atoms with E-state index in [1.165, 1.54) is 11.8 Å². The summed E-state index contributed by atoms with van der Waals surface area (Å²) < 4.78 is 81.9. The van der Waals surface area contributed by atoms with Gasteiger partial charge in [-0.2, -0.15) is 20.5 Å². The van der Waals surface area contributed by atoms with Gasteiger partial charge in [0.05, 0.1) is 23.9 Å². The van der Waals surface area contributed by atoms with E-state index in [9.17, 15) is 22.4 Å². The van der Waals surface area contributed by atoms with Crippen LogP contribution in [0.4, 0.5) is 22.4 Å². The number of ether oxygens (including phenoxy) is 5. The van der Waals surface area contributed by atoms with Gasteiger partial charge in [-0.3, -0.25) is 0 Å². The van der Waals surface area contributed by atoms with Crippen LogP contribution in [0.3, 0.4) is 0 Å². The maximum absolute atomic E-state index is 14.1. The largest absolute Gasteiger partial charge is 0.454 e. The number of amides is 1. The van der Waals surface area contributed by atoms with Crippen molar-refractivity contribution < 1.29 is 46.0 Å². The molecule has 0 fully saturated rings. The van der Waals surface area contributed by atoms with Crippen molar-refractivity contribution >= 4 is 17.9 Å². The van der Waals surface area contributed by atoms with Crippen LogP contribution in [0.1, 0.15) is 88.0 Å². The maximum Gasteiger partial charge on any atom is 0.407 e. The third-order valence-electron chi connectivity index (χ3n) is 5.87. The molecule has 1 atom stereocenters. The molecule has 1 rings (SSSR count). The Labute approximate surface area is 266 Å². The molecule has 258 valence electrons. The SMILES string of the molecule is C=C(Oc1c(F)c(F)cc(F)c1F)C(CSCCC(C)(C)OCCCC)NC(=O)OCCC(C)(C)OCC.CC.CCOC.